The summed E-state index contributed by atoms with van der Waals surface area (Å²) in [5.41, 5.74) is 8.23. The zero-order valence-corrected chi connectivity index (χ0v) is 13.9. The highest BCUT2D eigenvalue weighted by Gasteiger charge is 2.17. The Kier molecular flexibility index (Phi) is 5.14. The number of carbonyl (C=O) groups is 2. The maximum atomic E-state index is 12.3. The van der Waals surface area contributed by atoms with Crippen molar-refractivity contribution in [2.45, 2.75) is 12.8 Å². The van der Waals surface area contributed by atoms with E-state index in [0.717, 1.165) is 37.2 Å². The van der Waals surface area contributed by atoms with Gasteiger partial charge in [-0.25, -0.2) is 0 Å². The monoisotopic (exact) mass is 335 g/mol. The van der Waals surface area contributed by atoms with Crippen molar-refractivity contribution in [1.82, 2.24) is 0 Å². The van der Waals surface area contributed by atoms with Crippen molar-refractivity contribution in [3.63, 3.8) is 0 Å². The minimum Gasteiger partial charge on any atom is -0.370 e. The van der Waals surface area contributed by atoms with E-state index in [1.165, 1.54) is 6.08 Å². The zero-order valence-electron chi connectivity index (χ0n) is 13.9. The minimum absolute atomic E-state index is 0.245. The second-order valence-corrected chi connectivity index (χ2v) is 6.02. The molecule has 25 heavy (non-hydrogen) atoms. The van der Waals surface area contributed by atoms with Gasteiger partial charge in [0.2, 0.25) is 11.8 Å². The number of hydrogen-bond donors (Lipinski definition) is 2. The highest BCUT2D eigenvalue weighted by Crippen LogP contribution is 2.30. The topological polar surface area (TPSA) is 75.4 Å². The normalized spacial score (nSPS) is 14.0. The molecule has 0 radical (unpaired) electrons. The Balaban J connectivity index is 1.81. The van der Waals surface area contributed by atoms with E-state index in [-0.39, 0.29) is 5.91 Å². The molecule has 0 bridgehead atoms. The van der Waals surface area contributed by atoms with Crippen LogP contribution in [0.4, 0.5) is 11.4 Å². The van der Waals surface area contributed by atoms with E-state index >= 15 is 0 Å². The number of nitrogens with two attached hydrogens (primary N) is 1. The zero-order chi connectivity index (χ0) is 17.6. The van der Waals surface area contributed by atoms with Gasteiger partial charge in [-0.05, 0) is 42.7 Å². The van der Waals surface area contributed by atoms with E-state index in [1.54, 1.807) is 18.2 Å². The summed E-state index contributed by atoms with van der Waals surface area (Å²) in [5, 5.41) is 2.88. The van der Waals surface area contributed by atoms with Gasteiger partial charge in [-0.3, -0.25) is 9.59 Å². The van der Waals surface area contributed by atoms with Gasteiger partial charge in [-0.1, -0.05) is 30.3 Å². The van der Waals surface area contributed by atoms with Crippen LogP contribution in [0, 0.1) is 0 Å². The summed E-state index contributed by atoms with van der Waals surface area (Å²) in [5.74, 6) is -0.755. The lowest BCUT2D eigenvalue weighted by Crippen LogP contribution is -2.21. The third kappa shape index (κ3) is 4.26. The second-order valence-electron chi connectivity index (χ2n) is 6.02. The molecule has 1 heterocycles. The van der Waals surface area contributed by atoms with Crippen molar-refractivity contribution < 1.29 is 9.59 Å². The predicted molar refractivity (Wildman–Crippen MR) is 101 cm³/mol. The number of hydrogen-bond acceptors (Lipinski definition) is 3. The van der Waals surface area contributed by atoms with Gasteiger partial charge in [0.25, 0.3) is 0 Å². The Labute approximate surface area is 147 Å². The summed E-state index contributed by atoms with van der Waals surface area (Å²) in [6.07, 6.45) is 5.49. The lowest BCUT2D eigenvalue weighted by Gasteiger charge is -2.21. The highest BCUT2D eigenvalue weighted by molar-refractivity contribution is 6.05. The van der Waals surface area contributed by atoms with Crippen LogP contribution in [0.1, 0.15) is 28.8 Å². The molecular formula is C20H21N3O2. The average molecular weight is 335 g/mol. The molecule has 5 heteroatoms. The van der Waals surface area contributed by atoms with Gasteiger partial charge < -0.3 is 16.0 Å². The summed E-state index contributed by atoms with van der Waals surface area (Å²) >= 11 is 0. The van der Waals surface area contributed by atoms with Crippen LogP contribution in [0.2, 0.25) is 0 Å². The molecule has 5 nitrogen and oxygen atoms in total. The average Bonchev–Trinajstić information content (AvgIpc) is 3.15. The smallest absolute Gasteiger partial charge is 0.248 e. The first kappa shape index (κ1) is 16.8. The second kappa shape index (κ2) is 7.66. The van der Waals surface area contributed by atoms with E-state index in [9.17, 15) is 9.59 Å². The molecule has 1 aliphatic heterocycles. The first-order valence-electron chi connectivity index (χ1n) is 8.36. The fraction of sp³-hybridized carbons (Fsp3) is 0.200. The summed E-state index contributed by atoms with van der Waals surface area (Å²) in [6.45, 7) is 1.89. The van der Waals surface area contributed by atoms with E-state index in [2.05, 4.69) is 10.2 Å². The van der Waals surface area contributed by atoms with E-state index in [1.807, 2.05) is 36.4 Å². The minimum atomic E-state index is -0.511. The number of carbonyl (C=O) groups excluding carboxylic acids is 2. The molecule has 3 N–H and O–H groups in total. The molecule has 3 rings (SSSR count). The molecule has 1 saturated heterocycles. The maximum Gasteiger partial charge on any atom is 0.248 e. The maximum absolute atomic E-state index is 12.3. The van der Waals surface area contributed by atoms with Gasteiger partial charge in [0, 0.05) is 24.7 Å². The first-order chi connectivity index (χ1) is 12.1. The van der Waals surface area contributed by atoms with Crippen molar-refractivity contribution >= 4 is 29.3 Å². The molecular weight excluding hydrogens is 314 g/mol. The van der Waals surface area contributed by atoms with Crippen LogP contribution in [-0.2, 0) is 4.79 Å². The van der Waals surface area contributed by atoms with Crippen molar-refractivity contribution in [2.75, 3.05) is 23.3 Å². The van der Waals surface area contributed by atoms with Crippen molar-refractivity contribution in [3.8, 4) is 0 Å². The molecule has 0 aliphatic carbocycles. The molecule has 0 spiro atoms. The molecule has 1 aliphatic rings. The standard InChI is InChI=1S/C20H21N3O2/c21-20(25)16-9-10-18(23-12-4-5-13-23)17(14-16)22-19(24)11-8-15-6-2-1-3-7-15/h1-3,6-11,14H,4-5,12-13H2,(H2,21,25)(H,22,24)/b11-8+. The van der Waals surface area contributed by atoms with Gasteiger partial charge >= 0.3 is 0 Å². The number of nitrogens with one attached hydrogen (secondary N) is 1. The molecule has 2 amide bonds. The molecule has 1 fully saturated rings. The van der Waals surface area contributed by atoms with Crippen LogP contribution in [0.15, 0.2) is 54.6 Å². The van der Waals surface area contributed by atoms with Crippen LogP contribution in [0.5, 0.6) is 0 Å². The van der Waals surface area contributed by atoms with Crippen LogP contribution < -0.4 is 16.0 Å². The summed E-state index contributed by atoms with van der Waals surface area (Å²) < 4.78 is 0. The molecule has 0 atom stereocenters. The lowest BCUT2D eigenvalue weighted by atomic mass is 10.1. The number of primary amides is 1. The number of nitrogens with zero attached hydrogens (tertiary/aromatic N) is 1. The van der Waals surface area contributed by atoms with Crippen LogP contribution in [-0.4, -0.2) is 24.9 Å². The third-order valence-corrected chi connectivity index (χ3v) is 4.21. The largest absolute Gasteiger partial charge is 0.370 e. The van der Waals surface area contributed by atoms with Crippen molar-refractivity contribution in [2.24, 2.45) is 5.73 Å². The van der Waals surface area contributed by atoms with Crippen molar-refractivity contribution in [1.29, 1.82) is 0 Å². The van der Waals surface area contributed by atoms with E-state index in [4.69, 9.17) is 5.73 Å². The molecule has 0 unspecified atom stereocenters. The highest BCUT2D eigenvalue weighted by atomic mass is 16.1. The fourth-order valence-electron chi connectivity index (χ4n) is 2.93. The van der Waals surface area contributed by atoms with Gasteiger partial charge in [0.05, 0.1) is 11.4 Å². The fourth-order valence-corrected chi connectivity index (χ4v) is 2.93. The summed E-state index contributed by atoms with van der Waals surface area (Å²) in [7, 11) is 0. The summed E-state index contributed by atoms with van der Waals surface area (Å²) in [4.78, 5) is 26.0. The van der Waals surface area contributed by atoms with Gasteiger partial charge in [0.1, 0.15) is 0 Å². The predicted octanol–water partition coefficient (Wildman–Crippen LogP) is 3.04. The van der Waals surface area contributed by atoms with E-state index in [0.29, 0.717) is 11.3 Å². The van der Waals surface area contributed by atoms with Crippen molar-refractivity contribution in [3.05, 3.63) is 65.7 Å². The van der Waals surface area contributed by atoms with E-state index < -0.39 is 5.91 Å². The number of anilines is 2. The Morgan fingerprint density at radius 1 is 1.04 bits per heavy atom. The quantitative estimate of drug-likeness (QED) is 0.825. The Morgan fingerprint density at radius 3 is 2.44 bits per heavy atom. The summed E-state index contributed by atoms with van der Waals surface area (Å²) in [6, 6.07) is 14.8. The van der Waals surface area contributed by atoms with Crippen LogP contribution in [0.25, 0.3) is 6.08 Å². The molecule has 0 aromatic heterocycles. The van der Waals surface area contributed by atoms with Gasteiger partial charge in [0.15, 0.2) is 0 Å². The lowest BCUT2D eigenvalue weighted by molar-refractivity contribution is -0.111. The SMILES string of the molecule is NC(=O)c1ccc(N2CCCC2)c(NC(=O)/C=C/c2ccccc2)c1. The Hall–Kier alpha value is -3.08. The Morgan fingerprint density at radius 2 is 1.76 bits per heavy atom. The van der Waals surface area contributed by atoms with Crippen LogP contribution in [0.3, 0.4) is 0 Å². The Bertz CT molecular complexity index is 794. The van der Waals surface area contributed by atoms with Gasteiger partial charge in [-0.2, -0.15) is 0 Å². The molecule has 2 aromatic carbocycles. The third-order valence-electron chi connectivity index (χ3n) is 4.21. The number of benzene rings is 2. The number of amides is 2. The van der Waals surface area contributed by atoms with Crippen LogP contribution >= 0.6 is 0 Å². The molecule has 0 saturated carbocycles. The van der Waals surface area contributed by atoms with Gasteiger partial charge in [-0.15, -0.1) is 0 Å². The number of rotatable bonds is 5. The molecule has 128 valence electrons. The first-order valence-corrected chi connectivity index (χ1v) is 8.36. The molecule has 2 aromatic rings.